The lowest BCUT2D eigenvalue weighted by molar-refractivity contribution is 0.0910. The van der Waals surface area contributed by atoms with Gasteiger partial charge in [0.15, 0.2) is 0 Å². The Labute approximate surface area is 89.7 Å². The van der Waals surface area contributed by atoms with Crippen molar-refractivity contribution in [2.45, 2.75) is 31.8 Å². The highest BCUT2D eigenvalue weighted by Gasteiger charge is 2.27. The van der Waals surface area contributed by atoms with E-state index in [-0.39, 0.29) is 18.0 Å². The van der Waals surface area contributed by atoms with Gasteiger partial charge in [-0.2, -0.15) is 0 Å². The number of hydrogen-bond acceptors (Lipinski definition) is 2. The molecule has 15 heavy (non-hydrogen) atoms. The van der Waals surface area contributed by atoms with E-state index >= 15 is 0 Å². The van der Waals surface area contributed by atoms with Crippen molar-refractivity contribution in [1.82, 2.24) is 5.32 Å². The van der Waals surface area contributed by atoms with Crippen molar-refractivity contribution in [3.63, 3.8) is 0 Å². The van der Waals surface area contributed by atoms with Gasteiger partial charge < -0.3 is 11.1 Å². The average molecular weight is 204 g/mol. The van der Waals surface area contributed by atoms with Crippen LogP contribution in [-0.4, -0.2) is 18.0 Å². The summed E-state index contributed by atoms with van der Waals surface area (Å²) in [5.74, 6) is 0.00981. The van der Waals surface area contributed by atoms with E-state index in [0.29, 0.717) is 0 Å². The minimum atomic E-state index is 0.00981. The molecule has 1 aliphatic carbocycles. The van der Waals surface area contributed by atoms with Gasteiger partial charge in [0.1, 0.15) is 0 Å². The maximum atomic E-state index is 11.8. The van der Waals surface area contributed by atoms with E-state index in [4.69, 9.17) is 5.73 Å². The molecule has 0 unspecified atom stereocenters. The number of carbonyl (C=O) groups excluding carboxylic acids is 1. The molecular formula is C12H16N2O. The van der Waals surface area contributed by atoms with Crippen LogP contribution in [0, 0.1) is 6.92 Å². The standard InChI is InChI=1S/C12H16N2O/c1-8-3-2-4-9(5-8)12(15)14-11-6-10(13)7-11/h2-5,10-11H,6-7,13H2,1H3,(H,14,15). The molecule has 3 heteroatoms. The summed E-state index contributed by atoms with van der Waals surface area (Å²) >= 11 is 0. The van der Waals surface area contributed by atoms with Crippen molar-refractivity contribution in [2.75, 3.05) is 0 Å². The summed E-state index contributed by atoms with van der Waals surface area (Å²) in [7, 11) is 0. The Morgan fingerprint density at radius 1 is 1.47 bits per heavy atom. The third-order valence-electron chi connectivity index (χ3n) is 2.79. The first-order valence-electron chi connectivity index (χ1n) is 5.28. The third kappa shape index (κ3) is 2.36. The Balaban J connectivity index is 1.96. The molecule has 1 amide bonds. The number of amides is 1. The van der Waals surface area contributed by atoms with Gasteiger partial charge >= 0.3 is 0 Å². The minimum absolute atomic E-state index is 0.00981. The molecule has 0 saturated heterocycles. The summed E-state index contributed by atoms with van der Waals surface area (Å²) in [5, 5.41) is 2.97. The van der Waals surface area contributed by atoms with Crippen LogP contribution in [0.2, 0.25) is 0 Å². The molecule has 3 N–H and O–H groups in total. The normalized spacial score (nSPS) is 24.4. The highest BCUT2D eigenvalue weighted by Crippen LogP contribution is 2.18. The first kappa shape index (κ1) is 10.2. The van der Waals surface area contributed by atoms with Crippen molar-refractivity contribution < 1.29 is 4.79 Å². The van der Waals surface area contributed by atoms with E-state index in [1.54, 1.807) is 0 Å². The predicted octanol–water partition coefficient (Wildman–Crippen LogP) is 1.21. The van der Waals surface area contributed by atoms with Gasteiger partial charge in [0, 0.05) is 17.6 Å². The second-order valence-electron chi connectivity index (χ2n) is 4.27. The van der Waals surface area contributed by atoms with Gasteiger partial charge in [0.2, 0.25) is 0 Å². The van der Waals surface area contributed by atoms with E-state index in [2.05, 4.69) is 5.32 Å². The van der Waals surface area contributed by atoms with Gasteiger partial charge in [0.05, 0.1) is 0 Å². The fourth-order valence-corrected chi connectivity index (χ4v) is 1.83. The Hall–Kier alpha value is -1.35. The fraction of sp³-hybridized carbons (Fsp3) is 0.417. The van der Waals surface area contributed by atoms with E-state index < -0.39 is 0 Å². The number of rotatable bonds is 2. The number of nitrogens with one attached hydrogen (secondary N) is 1. The van der Waals surface area contributed by atoms with Crippen molar-refractivity contribution >= 4 is 5.91 Å². The molecule has 0 heterocycles. The third-order valence-corrected chi connectivity index (χ3v) is 2.79. The zero-order valence-corrected chi connectivity index (χ0v) is 8.86. The summed E-state index contributed by atoms with van der Waals surface area (Å²) in [4.78, 5) is 11.8. The molecule has 80 valence electrons. The maximum Gasteiger partial charge on any atom is 0.251 e. The molecule has 0 bridgehead atoms. The van der Waals surface area contributed by atoms with E-state index in [0.717, 1.165) is 24.0 Å². The molecule has 2 rings (SSSR count). The van der Waals surface area contributed by atoms with Crippen LogP contribution < -0.4 is 11.1 Å². The van der Waals surface area contributed by atoms with E-state index in [1.165, 1.54) is 0 Å². The van der Waals surface area contributed by atoms with Crippen LogP contribution >= 0.6 is 0 Å². The second kappa shape index (κ2) is 4.03. The van der Waals surface area contributed by atoms with Crippen LogP contribution in [0.4, 0.5) is 0 Å². The van der Waals surface area contributed by atoms with Crippen LogP contribution in [0.15, 0.2) is 24.3 Å². The molecule has 0 atom stereocenters. The Bertz CT molecular complexity index is 370. The molecule has 0 radical (unpaired) electrons. The molecule has 1 fully saturated rings. The van der Waals surface area contributed by atoms with E-state index in [1.807, 2.05) is 31.2 Å². The lowest BCUT2D eigenvalue weighted by atomic mass is 9.87. The van der Waals surface area contributed by atoms with Crippen LogP contribution in [0.5, 0.6) is 0 Å². The topological polar surface area (TPSA) is 55.1 Å². The van der Waals surface area contributed by atoms with E-state index in [9.17, 15) is 4.79 Å². The zero-order chi connectivity index (χ0) is 10.8. The summed E-state index contributed by atoms with van der Waals surface area (Å²) in [6, 6.07) is 8.16. The quantitative estimate of drug-likeness (QED) is 0.761. The van der Waals surface area contributed by atoms with Crippen LogP contribution in [-0.2, 0) is 0 Å². The molecule has 1 saturated carbocycles. The summed E-state index contributed by atoms with van der Waals surface area (Å²) < 4.78 is 0. The average Bonchev–Trinajstić information content (AvgIpc) is 2.15. The zero-order valence-electron chi connectivity index (χ0n) is 8.86. The fourth-order valence-electron chi connectivity index (χ4n) is 1.83. The SMILES string of the molecule is Cc1cccc(C(=O)NC2CC(N)C2)c1. The highest BCUT2D eigenvalue weighted by atomic mass is 16.1. The number of benzene rings is 1. The van der Waals surface area contributed by atoms with Gasteiger partial charge in [0.25, 0.3) is 5.91 Å². The van der Waals surface area contributed by atoms with Gasteiger partial charge in [-0.25, -0.2) is 0 Å². The molecule has 1 aromatic rings. The lowest BCUT2D eigenvalue weighted by Gasteiger charge is -2.32. The van der Waals surface area contributed by atoms with Crippen molar-refractivity contribution in [3.8, 4) is 0 Å². The maximum absolute atomic E-state index is 11.8. The Morgan fingerprint density at radius 2 is 2.20 bits per heavy atom. The highest BCUT2D eigenvalue weighted by molar-refractivity contribution is 5.94. The van der Waals surface area contributed by atoms with Crippen LogP contribution in [0.25, 0.3) is 0 Å². The Kier molecular flexibility index (Phi) is 2.73. The van der Waals surface area contributed by atoms with Crippen LogP contribution in [0.1, 0.15) is 28.8 Å². The molecule has 0 aliphatic heterocycles. The predicted molar refractivity (Wildman–Crippen MR) is 59.6 cm³/mol. The molecule has 0 spiro atoms. The van der Waals surface area contributed by atoms with Gasteiger partial charge in [-0.05, 0) is 31.9 Å². The largest absolute Gasteiger partial charge is 0.349 e. The molecule has 1 aromatic carbocycles. The summed E-state index contributed by atoms with van der Waals surface area (Å²) in [6.07, 6.45) is 1.80. The summed E-state index contributed by atoms with van der Waals surface area (Å²) in [5.41, 5.74) is 7.49. The monoisotopic (exact) mass is 204 g/mol. The molecule has 3 nitrogen and oxygen atoms in total. The van der Waals surface area contributed by atoms with Crippen molar-refractivity contribution in [3.05, 3.63) is 35.4 Å². The Morgan fingerprint density at radius 3 is 2.80 bits per heavy atom. The number of hydrogen-bond donors (Lipinski definition) is 2. The van der Waals surface area contributed by atoms with Gasteiger partial charge in [-0.3, -0.25) is 4.79 Å². The number of nitrogens with two attached hydrogens (primary N) is 1. The van der Waals surface area contributed by atoms with Crippen molar-refractivity contribution in [1.29, 1.82) is 0 Å². The lowest BCUT2D eigenvalue weighted by Crippen LogP contribution is -2.50. The number of aryl methyl sites for hydroxylation is 1. The molecule has 1 aliphatic rings. The minimum Gasteiger partial charge on any atom is -0.349 e. The molecular weight excluding hydrogens is 188 g/mol. The first-order valence-corrected chi connectivity index (χ1v) is 5.28. The van der Waals surface area contributed by atoms with Crippen molar-refractivity contribution in [2.24, 2.45) is 5.73 Å². The first-order chi connectivity index (χ1) is 7.15. The van der Waals surface area contributed by atoms with Crippen LogP contribution in [0.3, 0.4) is 0 Å². The number of carbonyl (C=O) groups is 1. The molecule has 0 aromatic heterocycles. The van der Waals surface area contributed by atoms with Gasteiger partial charge in [-0.15, -0.1) is 0 Å². The second-order valence-corrected chi connectivity index (χ2v) is 4.27. The smallest absolute Gasteiger partial charge is 0.251 e. The van der Waals surface area contributed by atoms with Gasteiger partial charge in [-0.1, -0.05) is 17.7 Å². The summed E-state index contributed by atoms with van der Waals surface area (Å²) in [6.45, 7) is 1.98.